The minimum atomic E-state index is -0.556. The molecule has 0 atom stereocenters. The molecule has 72 valence electrons. The lowest BCUT2D eigenvalue weighted by atomic mass is 10.4. The van der Waals surface area contributed by atoms with E-state index >= 15 is 0 Å². The first-order chi connectivity index (χ1) is 6.63. The summed E-state index contributed by atoms with van der Waals surface area (Å²) in [6.45, 7) is 0. The van der Waals surface area contributed by atoms with Crippen LogP contribution < -0.4 is 0 Å². The number of rotatable bonds is 1. The summed E-state index contributed by atoms with van der Waals surface area (Å²) in [6.07, 6.45) is 1.60. The van der Waals surface area contributed by atoms with Crippen LogP contribution in [-0.2, 0) is 0 Å². The minimum absolute atomic E-state index is 0.00694. The molecule has 2 aromatic heterocycles. The van der Waals surface area contributed by atoms with Gasteiger partial charge in [-0.05, 0) is 6.07 Å². The molecule has 0 N–H and O–H groups in total. The van der Waals surface area contributed by atoms with E-state index in [9.17, 15) is 9.18 Å². The standard InChI is InChI=1S/C8H3Cl2FN2O/c9-5-1-4(11)2-13-6(3-14)7(10)12-8(5)13/h1-3H. The van der Waals surface area contributed by atoms with Gasteiger partial charge in [-0.3, -0.25) is 9.20 Å². The van der Waals surface area contributed by atoms with Gasteiger partial charge in [0.15, 0.2) is 17.1 Å². The zero-order chi connectivity index (χ0) is 10.3. The maximum absolute atomic E-state index is 12.9. The van der Waals surface area contributed by atoms with Crippen molar-refractivity contribution in [2.24, 2.45) is 0 Å². The van der Waals surface area contributed by atoms with Crippen molar-refractivity contribution in [3.63, 3.8) is 0 Å². The van der Waals surface area contributed by atoms with Gasteiger partial charge >= 0.3 is 0 Å². The van der Waals surface area contributed by atoms with Crippen LogP contribution in [0.25, 0.3) is 5.65 Å². The lowest BCUT2D eigenvalue weighted by Gasteiger charge is -1.97. The summed E-state index contributed by atoms with van der Waals surface area (Å²) in [7, 11) is 0. The predicted octanol–water partition coefficient (Wildman–Crippen LogP) is 2.59. The average molecular weight is 233 g/mol. The van der Waals surface area contributed by atoms with Crippen molar-refractivity contribution in [1.82, 2.24) is 9.38 Å². The van der Waals surface area contributed by atoms with Gasteiger partial charge in [0, 0.05) is 6.20 Å². The molecule has 2 aromatic rings. The average Bonchev–Trinajstić information content (AvgIpc) is 2.41. The number of carbonyl (C=O) groups excluding carboxylic acids is 1. The van der Waals surface area contributed by atoms with Gasteiger partial charge < -0.3 is 0 Å². The van der Waals surface area contributed by atoms with Crippen molar-refractivity contribution in [1.29, 1.82) is 0 Å². The van der Waals surface area contributed by atoms with Crippen molar-refractivity contribution >= 4 is 35.1 Å². The zero-order valence-corrected chi connectivity index (χ0v) is 8.18. The lowest BCUT2D eigenvalue weighted by Crippen LogP contribution is -1.93. The smallest absolute Gasteiger partial charge is 0.170 e. The van der Waals surface area contributed by atoms with E-state index in [1.54, 1.807) is 0 Å². The van der Waals surface area contributed by atoms with Gasteiger partial charge in [0.2, 0.25) is 0 Å². The number of hydrogen-bond donors (Lipinski definition) is 0. The fourth-order valence-corrected chi connectivity index (χ4v) is 1.62. The number of nitrogens with zero attached hydrogens (tertiary/aromatic N) is 2. The molecule has 0 amide bonds. The summed E-state index contributed by atoms with van der Waals surface area (Å²) in [5.74, 6) is -0.556. The number of halogens is 3. The van der Waals surface area contributed by atoms with E-state index in [2.05, 4.69) is 4.98 Å². The molecule has 0 saturated heterocycles. The van der Waals surface area contributed by atoms with Crippen LogP contribution in [0.3, 0.4) is 0 Å². The van der Waals surface area contributed by atoms with E-state index in [-0.39, 0.29) is 21.5 Å². The molecule has 0 aliphatic carbocycles. The maximum Gasteiger partial charge on any atom is 0.170 e. The second-order valence-corrected chi connectivity index (χ2v) is 3.37. The number of hydrogen-bond acceptors (Lipinski definition) is 2. The zero-order valence-electron chi connectivity index (χ0n) is 6.67. The number of aldehydes is 1. The van der Waals surface area contributed by atoms with E-state index in [4.69, 9.17) is 23.2 Å². The number of imidazole rings is 1. The Balaban J connectivity index is 2.94. The molecule has 0 radical (unpaired) electrons. The molecule has 6 heteroatoms. The van der Waals surface area contributed by atoms with Crippen LogP contribution in [0.2, 0.25) is 10.2 Å². The van der Waals surface area contributed by atoms with Gasteiger partial charge in [0.1, 0.15) is 11.5 Å². The first-order valence-corrected chi connectivity index (χ1v) is 4.37. The Labute approximate surface area is 88.1 Å². The normalized spacial score (nSPS) is 10.8. The molecular weight excluding hydrogens is 230 g/mol. The summed E-state index contributed by atoms with van der Waals surface area (Å²) in [4.78, 5) is 14.4. The minimum Gasteiger partial charge on any atom is -0.296 e. The molecule has 14 heavy (non-hydrogen) atoms. The lowest BCUT2D eigenvalue weighted by molar-refractivity contribution is 0.111. The highest BCUT2D eigenvalue weighted by Gasteiger charge is 2.12. The second kappa shape index (κ2) is 3.22. The summed E-state index contributed by atoms with van der Waals surface area (Å²) in [5, 5.41) is 0.118. The van der Waals surface area contributed by atoms with Gasteiger partial charge in [0.05, 0.1) is 5.02 Å². The molecule has 3 nitrogen and oxygen atoms in total. The summed E-state index contributed by atoms with van der Waals surface area (Å²) >= 11 is 11.4. The third-order valence-electron chi connectivity index (χ3n) is 1.75. The van der Waals surface area contributed by atoms with E-state index < -0.39 is 5.82 Å². The molecular formula is C8H3Cl2FN2O. The van der Waals surface area contributed by atoms with Crippen LogP contribution in [0.5, 0.6) is 0 Å². The Morgan fingerprint density at radius 1 is 1.50 bits per heavy atom. The first-order valence-electron chi connectivity index (χ1n) is 3.61. The Bertz CT molecular complexity index is 524. The van der Waals surface area contributed by atoms with Gasteiger partial charge in [-0.2, -0.15) is 0 Å². The van der Waals surface area contributed by atoms with Gasteiger partial charge in [-0.1, -0.05) is 23.2 Å². The molecule has 0 fully saturated rings. The maximum atomic E-state index is 12.9. The number of carbonyl (C=O) groups is 1. The molecule has 0 bridgehead atoms. The van der Waals surface area contributed by atoms with Crippen LogP contribution in [-0.4, -0.2) is 15.7 Å². The summed E-state index contributed by atoms with van der Waals surface area (Å²) in [5.41, 5.74) is 0.350. The molecule has 0 saturated carbocycles. The first kappa shape index (κ1) is 9.43. The topological polar surface area (TPSA) is 34.4 Å². The van der Waals surface area contributed by atoms with Crippen molar-refractivity contribution in [2.75, 3.05) is 0 Å². The van der Waals surface area contributed by atoms with Crippen LogP contribution in [0.4, 0.5) is 4.39 Å². The highest BCUT2D eigenvalue weighted by molar-refractivity contribution is 6.35. The summed E-state index contributed by atoms with van der Waals surface area (Å²) < 4.78 is 14.1. The van der Waals surface area contributed by atoms with Crippen LogP contribution in [0.15, 0.2) is 12.3 Å². The van der Waals surface area contributed by atoms with Gasteiger partial charge in [-0.15, -0.1) is 0 Å². The Kier molecular flexibility index (Phi) is 2.17. The second-order valence-electron chi connectivity index (χ2n) is 2.61. The van der Waals surface area contributed by atoms with Crippen LogP contribution >= 0.6 is 23.2 Å². The molecule has 2 heterocycles. The largest absolute Gasteiger partial charge is 0.296 e. The molecule has 0 spiro atoms. The number of pyridine rings is 1. The van der Waals surface area contributed by atoms with E-state index in [1.807, 2.05) is 0 Å². The van der Waals surface area contributed by atoms with Crippen LogP contribution in [0, 0.1) is 5.82 Å². The molecule has 0 aliphatic rings. The highest BCUT2D eigenvalue weighted by Crippen LogP contribution is 2.23. The molecule has 0 aliphatic heterocycles. The predicted molar refractivity (Wildman–Crippen MR) is 50.6 cm³/mol. The van der Waals surface area contributed by atoms with Gasteiger partial charge in [0.25, 0.3) is 0 Å². The van der Waals surface area contributed by atoms with E-state index in [0.717, 1.165) is 12.3 Å². The SMILES string of the molecule is O=Cc1c(Cl)nc2c(Cl)cc(F)cn12. The Morgan fingerprint density at radius 2 is 2.21 bits per heavy atom. The van der Waals surface area contributed by atoms with Crippen molar-refractivity contribution in [3.05, 3.63) is 34.0 Å². The number of fused-ring (bicyclic) bond motifs is 1. The highest BCUT2D eigenvalue weighted by atomic mass is 35.5. The van der Waals surface area contributed by atoms with E-state index in [1.165, 1.54) is 4.40 Å². The van der Waals surface area contributed by atoms with Crippen molar-refractivity contribution in [3.8, 4) is 0 Å². The Hall–Kier alpha value is -1.13. The Morgan fingerprint density at radius 3 is 2.86 bits per heavy atom. The van der Waals surface area contributed by atoms with Gasteiger partial charge in [-0.25, -0.2) is 9.37 Å². The fourth-order valence-electron chi connectivity index (χ4n) is 1.17. The van der Waals surface area contributed by atoms with Crippen LogP contribution in [0.1, 0.15) is 10.5 Å². The molecule has 0 aromatic carbocycles. The fraction of sp³-hybridized carbons (Fsp3) is 0. The van der Waals surface area contributed by atoms with Crippen molar-refractivity contribution in [2.45, 2.75) is 0 Å². The van der Waals surface area contributed by atoms with Crippen molar-refractivity contribution < 1.29 is 9.18 Å². The van der Waals surface area contributed by atoms with E-state index in [0.29, 0.717) is 6.29 Å². The monoisotopic (exact) mass is 232 g/mol. The molecule has 2 rings (SSSR count). The summed E-state index contributed by atoms with van der Waals surface area (Å²) in [6, 6.07) is 1.11. The molecule has 0 unspecified atom stereocenters. The third kappa shape index (κ3) is 1.27. The third-order valence-corrected chi connectivity index (χ3v) is 2.30. The quantitative estimate of drug-likeness (QED) is 0.709. The number of aromatic nitrogens is 2.